The molecule has 0 fully saturated rings. The Morgan fingerprint density at radius 2 is 1.78 bits per heavy atom. The van der Waals surface area contributed by atoms with Crippen molar-refractivity contribution in [2.75, 3.05) is 7.11 Å². The van der Waals surface area contributed by atoms with Gasteiger partial charge >= 0.3 is 0 Å². The van der Waals surface area contributed by atoms with Crippen LogP contribution >= 0.6 is 12.4 Å². The van der Waals surface area contributed by atoms with Crippen molar-refractivity contribution in [1.82, 2.24) is 0 Å². The first-order chi connectivity index (χ1) is 7.95. The van der Waals surface area contributed by atoms with Gasteiger partial charge in [0.2, 0.25) is 0 Å². The van der Waals surface area contributed by atoms with Crippen molar-refractivity contribution in [3.8, 4) is 5.75 Å². The molecule has 1 rings (SSSR count). The molecule has 0 aliphatic carbocycles. The largest absolute Gasteiger partial charge is 0.496 e. The van der Waals surface area contributed by atoms with Crippen LogP contribution < -0.4 is 10.5 Å². The lowest BCUT2D eigenvalue weighted by Gasteiger charge is -2.19. The molecule has 18 heavy (non-hydrogen) atoms. The van der Waals surface area contributed by atoms with Gasteiger partial charge in [0.15, 0.2) is 0 Å². The van der Waals surface area contributed by atoms with Gasteiger partial charge in [0, 0.05) is 11.6 Å². The molecule has 0 aliphatic rings. The number of nitrogens with two attached hydrogens (primary N) is 1. The second-order valence-electron chi connectivity index (χ2n) is 5.39. The van der Waals surface area contributed by atoms with Crippen molar-refractivity contribution in [2.45, 2.75) is 46.1 Å². The predicted molar refractivity (Wildman–Crippen MR) is 80.7 cm³/mol. The van der Waals surface area contributed by atoms with Crippen LogP contribution in [0.1, 0.15) is 57.2 Å². The molecule has 1 aromatic rings. The fourth-order valence-electron chi connectivity index (χ4n) is 2.04. The molecule has 0 radical (unpaired) electrons. The fourth-order valence-corrected chi connectivity index (χ4v) is 2.04. The first kappa shape index (κ1) is 17.3. The van der Waals surface area contributed by atoms with Gasteiger partial charge in [-0.2, -0.15) is 0 Å². The van der Waals surface area contributed by atoms with Crippen LogP contribution in [0, 0.1) is 5.92 Å². The number of rotatable bonds is 5. The maximum absolute atomic E-state index is 6.26. The lowest BCUT2D eigenvalue weighted by atomic mass is 9.93. The van der Waals surface area contributed by atoms with Gasteiger partial charge in [0.05, 0.1) is 7.11 Å². The summed E-state index contributed by atoms with van der Waals surface area (Å²) in [5.74, 6) is 2.02. The number of halogens is 1. The number of hydrogen-bond donors (Lipinski definition) is 1. The topological polar surface area (TPSA) is 35.2 Å². The zero-order valence-corrected chi connectivity index (χ0v) is 12.9. The van der Waals surface area contributed by atoms with E-state index in [1.54, 1.807) is 7.11 Å². The van der Waals surface area contributed by atoms with Crippen molar-refractivity contribution in [3.05, 3.63) is 29.3 Å². The minimum atomic E-state index is 0. The lowest BCUT2D eigenvalue weighted by Crippen LogP contribution is -2.14. The maximum Gasteiger partial charge on any atom is 0.123 e. The molecule has 1 atom stereocenters. The standard InChI is InChI=1S/C15H25NO.ClH/c1-10(2)8-14(16)13-9-12(11(3)4)6-7-15(13)17-5;/h6-7,9-11,14H,8,16H2,1-5H3;1H/t14-;/m1./s1. The quantitative estimate of drug-likeness (QED) is 0.867. The average Bonchev–Trinajstić information content (AvgIpc) is 2.27. The molecule has 0 saturated heterocycles. The van der Waals surface area contributed by atoms with E-state index in [-0.39, 0.29) is 18.4 Å². The predicted octanol–water partition coefficient (Wildman–Crippen LogP) is 4.29. The summed E-state index contributed by atoms with van der Waals surface area (Å²) in [6.45, 7) is 8.77. The zero-order chi connectivity index (χ0) is 13.0. The molecule has 0 unspecified atom stereocenters. The summed E-state index contributed by atoms with van der Waals surface area (Å²) in [4.78, 5) is 0. The molecular formula is C15H26ClNO. The molecule has 0 aromatic heterocycles. The fraction of sp³-hybridized carbons (Fsp3) is 0.600. The third-order valence-corrected chi connectivity index (χ3v) is 3.05. The smallest absolute Gasteiger partial charge is 0.123 e. The molecule has 0 saturated carbocycles. The molecule has 0 aliphatic heterocycles. The van der Waals surface area contributed by atoms with Crippen molar-refractivity contribution < 1.29 is 4.74 Å². The van der Waals surface area contributed by atoms with Crippen LogP contribution in [-0.4, -0.2) is 7.11 Å². The lowest BCUT2D eigenvalue weighted by molar-refractivity contribution is 0.399. The van der Waals surface area contributed by atoms with Gasteiger partial charge in [-0.25, -0.2) is 0 Å². The van der Waals surface area contributed by atoms with E-state index < -0.39 is 0 Å². The van der Waals surface area contributed by atoms with E-state index >= 15 is 0 Å². The Kier molecular flexibility index (Phi) is 7.34. The van der Waals surface area contributed by atoms with E-state index in [4.69, 9.17) is 10.5 Å². The molecule has 0 amide bonds. The van der Waals surface area contributed by atoms with Crippen LogP contribution in [0.2, 0.25) is 0 Å². The van der Waals surface area contributed by atoms with E-state index in [1.807, 2.05) is 6.07 Å². The monoisotopic (exact) mass is 271 g/mol. The van der Waals surface area contributed by atoms with Crippen LogP contribution in [0.25, 0.3) is 0 Å². The number of benzene rings is 1. The summed E-state index contributed by atoms with van der Waals surface area (Å²) >= 11 is 0. The molecule has 0 spiro atoms. The maximum atomic E-state index is 6.26. The molecule has 3 heteroatoms. The first-order valence-electron chi connectivity index (χ1n) is 6.39. The van der Waals surface area contributed by atoms with E-state index in [0.29, 0.717) is 11.8 Å². The Bertz CT molecular complexity index is 364. The summed E-state index contributed by atoms with van der Waals surface area (Å²) in [5, 5.41) is 0. The van der Waals surface area contributed by atoms with Gasteiger partial charge in [-0.05, 0) is 29.9 Å². The molecule has 0 heterocycles. The van der Waals surface area contributed by atoms with Gasteiger partial charge in [0.25, 0.3) is 0 Å². The SMILES string of the molecule is COc1ccc(C(C)C)cc1[C@H](N)CC(C)C.Cl. The Balaban J connectivity index is 0.00000289. The van der Waals surface area contributed by atoms with E-state index in [1.165, 1.54) is 5.56 Å². The Morgan fingerprint density at radius 1 is 1.17 bits per heavy atom. The van der Waals surface area contributed by atoms with Gasteiger partial charge in [-0.3, -0.25) is 0 Å². The van der Waals surface area contributed by atoms with Crippen molar-refractivity contribution in [2.24, 2.45) is 11.7 Å². The Hall–Kier alpha value is -0.730. The van der Waals surface area contributed by atoms with Crippen LogP contribution in [-0.2, 0) is 0 Å². The van der Waals surface area contributed by atoms with Gasteiger partial charge in [-0.15, -0.1) is 12.4 Å². The number of hydrogen-bond acceptors (Lipinski definition) is 2. The molecule has 1 aromatic carbocycles. The highest BCUT2D eigenvalue weighted by atomic mass is 35.5. The second-order valence-corrected chi connectivity index (χ2v) is 5.39. The minimum absolute atomic E-state index is 0. The summed E-state index contributed by atoms with van der Waals surface area (Å²) in [6.07, 6.45) is 0.984. The Labute approximate surface area is 117 Å². The van der Waals surface area contributed by atoms with Crippen molar-refractivity contribution >= 4 is 12.4 Å². The highest BCUT2D eigenvalue weighted by Crippen LogP contribution is 2.30. The van der Waals surface area contributed by atoms with Crippen LogP contribution in [0.5, 0.6) is 5.75 Å². The molecule has 0 bridgehead atoms. The minimum Gasteiger partial charge on any atom is -0.496 e. The van der Waals surface area contributed by atoms with Crippen LogP contribution in [0.15, 0.2) is 18.2 Å². The summed E-state index contributed by atoms with van der Waals surface area (Å²) in [6, 6.07) is 6.40. The van der Waals surface area contributed by atoms with Crippen LogP contribution in [0.3, 0.4) is 0 Å². The van der Waals surface area contributed by atoms with Crippen LogP contribution in [0.4, 0.5) is 0 Å². The number of methoxy groups -OCH3 is 1. The van der Waals surface area contributed by atoms with E-state index in [0.717, 1.165) is 17.7 Å². The third kappa shape index (κ3) is 4.51. The van der Waals surface area contributed by atoms with E-state index in [2.05, 4.69) is 39.8 Å². The summed E-state index contributed by atoms with van der Waals surface area (Å²) < 4.78 is 5.40. The first-order valence-corrected chi connectivity index (χ1v) is 6.39. The van der Waals surface area contributed by atoms with Crippen molar-refractivity contribution in [1.29, 1.82) is 0 Å². The average molecular weight is 272 g/mol. The highest BCUT2D eigenvalue weighted by Gasteiger charge is 2.15. The summed E-state index contributed by atoms with van der Waals surface area (Å²) in [5.41, 5.74) is 8.71. The number of ether oxygens (including phenoxy) is 1. The van der Waals surface area contributed by atoms with E-state index in [9.17, 15) is 0 Å². The molecule has 2 nitrogen and oxygen atoms in total. The summed E-state index contributed by atoms with van der Waals surface area (Å²) in [7, 11) is 1.70. The zero-order valence-electron chi connectivity index (χ0n) is 12.1. The molecular weight excluding hydrogens is 246 g/mol. The van der Waals surface area contributed by atoms with Gasteiger partial charge in [0.1, 0.15) is 5.75 Å². The highest BCUT2D eigenvalue weighted by molar-refractivity contribution is 5.85. The van der Waals surface area contributed by atoms with Crippen molar-refractivity contribution in [3.63, 3.8) is 0 Å². The second kappa shape index (κ2) is 7.65. The van der Waals surface area contributed by atoms with Gasteiger partial charge in [-0.1, -0.05) is 39.8 Å². The molecule has 2 N–H and O–H groups in total. The molecule has 104 valence electrons. The Morgan fingerprint density at radius 3 is 2.22 bits per heavy atom. The third-order valence-electron chi connectivity index (χ3n) is 3.05. The normalized spacial score (nSPS) is 12.4. The van der Waals surface area contributed by atoms with Gasteiger partial charge < -0.3 is 10.5 Å².